The number of benzene rings is 1. The van der Waals surface area contributed by atoms with Crippen molar-refractivity contribution in [3.8, 4) is 5.75 Å². The van der Waals surface area contributed by atoms with Crippen LogP contribution >= 0.6 is 11.3 Å². The fraction of sp³-hybridized carbons (Fsp3) is 0.0556. The van der Waals surface area contributed by atoms with Gasteiger partial charge in [0.2, 0.25) is 0 Å². The molecule has 0 amide bonds. The highest BCUT2D eigenvalue weighted by molar-refractivity contribution is 7.09. The van der Waals surface area contributed by atoms with Gasteiger partial charge in [-0.3, -0.25) is 9.78 Å². The van der Waals surface area contributed by atoms with Crippen molar-refractivity contribution in [2.45, 2.75) is 6.92 Å². The van der Waals surface area contributed by atoms with Gasteiger partial charge >= 0.3 is 0 Å². The van der Waals surface area contributed by atoms with Crippen molar-refractivity contribution in [2.24, 2.45) is 0 Å². The third kappa shape index (κ3) is 2.09. The van der Waals surface area contributed by atoms with Crippen LogP contribution in [-0.4, -0.2) is 20.9 Å². The van der Waals surface area contributed by atoms with Crippen molar-refractivity contribution in [1.29, 1.82) is 0 Å². The number of hydrogen-bond donors (Lipinski definition) is 1. The van der Waals surface area contributed by atoms with Gasteiger partial charge in [0, 0.05) is 39.5 Å². The maximum absolute atomic E-state index is 12.9. The van der Waals surface area contributed by atoms with Gasteiger partial charge in [-0.05, 0) is 36.8 Å². The lowest BCUT2D eigenvalue weighted by Crippen LogP contribution is -1.99. The van der Waals surface area contributed by atoms with Crippen LogP contribution in [0.15, 0.2) is 48.2 Å². The smallest absolute Gasteiger partial charge is 0.195 e. The molecule has 5 heteroatoms. The molecule has 1 aliphatic rings. The Kier molecular flexibility index (Phi) is 3.09. The summed E-state index contributed by atoms with van der Waals surface area (Å²) in [6, 6.07) is 8.57. The summed E-state index contributed by atoms with van der Waals surface area (Å²) in [4.78, 5) is 22.6. The van der Waals surface area contributed by atoms with Gasteiger partial charge in [0.1, 0.15) is 5.75 Å². The number of aryl methyl sites for hydroxylation is 1. The normalized spacial score (nSPS) is 13.5. The molecule has 4 rings (SSSR count). The molecule has 2 aromatic heterocycles. The highest BCUT2D eigenvalue weighted by atomic mass is 32.1. The van der Waals surface area contributed by atoms with Crippen molar-refractivity contribution < 1.29 is 9.90 Å². The Bertz CT molecular complexity index is 958. The first-order valence-corrected chi connectivity index (χ1v) is 7.98. The average molecular weight is 320 g/mol. The summed E-state index contributed by atoms with van der Waals surface area (Å²) >= 11 is 1.55. The SMILES string of the molecule is Cc1scnc1C1=C(c2cccnc2)C(=O)c2cc(O)ccc21. The number of fused-ring (bicyclic) bond motifs is 1. The fourth-order valence-electron chi connectivity index (χ4n) is 2.90. The number of aromatic hydroxyl groups is 1. The Morgan fingerprint density at radius 3 is 2.70 bits per heavy atom. The number of phenolic OH excluding ortho intramolecular Hbond substituents is 1. The molecule has 2 heterocycles. The predicted molar refractivity (Wildman–Crippen MR) is 89.4 cm³/mol. The molecule has 1 aromatic carbocycles. The van der Waals surface area contributed by atoms with E-state index in [1.807, 2.05) is 19.1 Å². The molecule has 1 N–H and O–H groups in total. The van der Waals surface area contributed by atoms with Gasteiger partial charge in [-0.1, -0.05) is 6.07 Å². The van der Waals surface area contributed by atoms with E-state index in [1.165, 1.54) is 6.07 Å². The number of pyridine rings is 1. The van der Waals surface area contributed by atoms with Crippen molar-refractivity contribution in [3.05, 3.63) is 75.5 Å². The number of nitrogens with zero attached hydrogens (tertiary/aromatic N) is 2. The second-order valence-corrected chi connectivity index (χ2v) is 6.37. The number of allylic oxidation sites excluding steroid dienone is 1. The monoisotopic (exact) mass is 320 g/mol. The summed E-state index contributed by atoms with van der Waals surface area (Å²) in [6.07, 6.45) is 3.36. The van der Waals surface area contributed by atoms with E-state index >= 15 is 0 Å². The predicted octanol–water partition coefficient (Wildman–Crippen LogP) is 3.71. The minimum absolute atomic E-state index is 0.0823. The maximum atomic E-state index is 12.9. The lowest BCUT2D eigenvalue weighted by Gasteiger charge is -2.06. The van der Waals surface area contributed by atoms with Gasteiger partial charge in [-0.25, -0.2) is 4.98 Å². The molecule has 0 bridgehead atoms. The van der Waals surface area contributed by atoms with Crippen LogP contribution in [0.3, 0.4) is 0 Å². The van der Waals surface area contributed by atoms with Crippen molar-refractivity contribution in [2.75, 3.05) is 0 Å². The summed E-state index contributed by atoms with van der Waals surface area (Å²) in [5.41, 5.74) is 6.07. The molecule has 0 unspecified atom stereocenters. The van der Waals surface area contributed by atoms with Gasteiger partial charge in [-0.2, -0.15) is 0 Å². The lowest BCUT2D eigenvalue weighted by molar-refractivity contribution is 0.105. The largest absolute Gasteiger partial charge is 0.508 e. The van der Waals surface area contributed by atoms with E-state index in [0.29, 0.717) is 11.1 Å². The number of thiazole rings is 1. The molecule has 1 aliphatic carbocycles. The Balaban J connectivity index is 2.06. The van der Waals surface area contributed by atoms with Gasteiger partial charge in [0.25, 0.3) is 0 Å². The second-order valence-electron chi connectivity index (χ2n) is 5.31. The van der Waals surface area contributed by atoms with E-state index in [-0.39, 0.29) is 11.5 Å². The zero-order valence-electron chi connectivity index (χ0n) is 12.3. The van der Waals surface area contributed by atoms with Crippen LogP contribution in [0.1, 0.15) is 32.1 Å². The number of ketones is 1. The number of hydrogen-bond acceptors (Lipinski definition) is 5. The Hall–Kier alpha value is -2.79. The molecule has 0 radical (unpaired) electrons. The molecular formula is C18H12N2O2S. The topological polar surface area (TPSA) is 63.1 Å². The van der Waals surface area contributed by atoms with Gasteiger partial charge < -0.3 is 5.11 Å². The molecule has 23 heavy (non-hydrogen) atoms. The number of carbonyl (C=O) groups excluding carboxylic acids is 1. The Labute approximate surface area is 136 Å². The minimum atomic E-state index is -0.105. The third-order valence-electron chi connectivity index (χ3n) is 3.93. The molecule has 0 fully saturated rings. The lowest BCUT2D eigenvalue weighted by atomic mass is 9.98. The molecule has 0 saturated heterocycles. The van der Waals surface area contributed by atoms with Crippen molar-refractivity contribution in [3.63, 3.8) is 0 Å². The number of Topliss-reactive ketones (excluding diaryl/α,β-unsaturated/α-hetero) is 1. The third-order valence-corrected chi connectivity index (χ3v) is 4.68. The molecule has 0 saturated carbocycles. The number of rotatable bonds is 2. The summed E-state index contributed by atoms with van der Waals surface area (Å²) < 4.78 is 0. The first-order chi connectivity index (χ1) is 11.2. The van der Waals surface area contributed by atoms with Crippen LogP contribution < -0.4 is 0 Å². The second kappa shape index (κ2) is 5.14. The van der Waals surface area contributed by atoms with Crippen LogP contribution in [0, 0.1) is 6.92 Å². The summed E-state index contributed by atoms with van der Waals surface area (Å²) in [5, 5.41) is 9.75. The summed E-state index contributed by atoms with van der Waals surface area (Å²) in [5.74, 6) is -0.0230. The number of phenols is 1. The molecule has 112 valence electrons. The minimum Gasteiger partial charge on any atom is -0.508 e. The van der Waals surface area contributed by atoms with Gasteiger partial charge in [0.05, 0.1) is 11.2 Å². The van der Waals surface area contributed by atoms with E-state index in [4.69, 9.17) is 0 Å². The van der Waals surface area contributed by atoms with Gasteiger partial charge in [-0.15, -0.1) is 11.3 Å². The molecule has 3 aromatic rings. The maximum Gasteiger partial charge on any atom is 0.195 e. The van der Waals surface area contributed by atoms with Crippen molar-refractivity contribution >= 4 is 28.3 Å². The van der Waals surface area contributed by atoms with Crippen LogP contribution in [0.2, 0.25) is 0 Å². The molecule has 0 aliphatic heterocycles. The number of aromatic nitrogens is 2. The standard InChI is InChI=1S/C18H12N2O2S/c1-10-17(20-9-23-10)16-13-5-4-12(21)7-14(13)18(22)15(16)11-3-2-6-19-8-11/h2-9,21H,1H3. The van der Waals surface area contributed by atoms with E-state index in [2.05, 4.69) is 9.97 Å². The van der Waals surface area contributed by atoms with E-state index in [1.54, 1.807) is 41.4 Å². The molecular weight excluding hydrogens is 308 g/mol. The highest BCUT2D eigenvalue weighted by Gasteiger charge is 2.33. The molecule has 0 atom stereocenters. The highest BCUT2D eigenvalue weighted by Crippen LogP contribution is 2.43. The zero-order chi connectivity index (χ0) is 16.0. The van der Waals surface area contributed by atoms with Crippen LogP contribution in [0.5, 0.6) is 5.75 Å². The van der Waals surface area contributed by atoms with E-state index in [0.717, 1.165) is 27.3 Å². The number of carbonyl (C=O) groups is 1. The first kappa shape index (κ1) is 13.8. The van der Waals surface area contributed by atoms with E-state index < -0.39 is 0 Å². The van der Waals surface area contributed by atoms with Crippen LogP contribution in [-0.2, 0) is 0 Å². The quantitative estimate of drug-likeness (QED) is 0.782. The Morgan fingerprint density at radius 1 is 1.13 bits per heavy atom. The van der Waals surface area contributed by atoms with Gasteiger partial charge in [0.15, 0.2) is 5.78 Å². The van der Waals surface area contributed by atoms with E-state index in [9.17, 15) is 9.90 Å². The Morgan fingerprint density at radius 2 is 2.00 bits per heavy atom. The zero-order valence-corrected chi connectivity index (χ0v) is 13.1. The fourth-order valence-corrected chi connectivity index (χ4v) is 3.48. The van der Waals surface area contributed by atoms with Crippen LogP contribution in [0.4, 0.5) is 0 Å². The summed E-state index contributed by atoms with van der Waals surface area (Å²) in [6.45, 7) is 1.99. The molecule has 4 nitrogen and oxygen atoms in total. The molecule has 0 spiro atoms. The first-order valence-electron chi connectivity index (χ1n) is 7.10. The average Bonchev–Trinajstić information content (AvgIpc) is 3.10. The van der Waals surface area contributed by atoms with Crippen LogP contribution in [0.25, 0.3) is 11.1 Å². The van der Waals surface area contributed by atoms with Crippen molar-refractivity contribution in [1.82, 2.24) is 9.97 Å². The summed E-state index contributed by atoms with van der Waals surface area (Å²) in [7, 11) is 0.